The molecule has 24 heavy (non-hydrogen) atoms. The second kappa shape index (κ2) is 9.89. The van der Waals surface area contributed by atoms with Crippen LogP contribution in [0.15, 0.2) is 54.6 Å². The molecule has 0 spiro atoms. The van der Waals surface area contributed by atoms with E-state index in [1.165, 1.54) is 16.7 Å². The molecule has 0 saturated carbocycles. The highest BCUT2D eigenvalue weighted by Crippen LogP contribution is 2.24. The van der Waals surface area contributed by atoms with Crippen molar-refractivity contribution in [2.75, 3.05) is 6.54 Å². The fourth-order valence-electron chi connectivity index (χ4n) is 2.85. The van der Waals surface area contributed by atoms with Crippen LogP contribution in [-0.4, -0.2) is 17.6 Å². The van der Waals surface area contributed by atoms with Crippen molar-refractivity contribution in [3.05, 3.63) is 60.2 Å². The third-order valence-corrected chi connectivity index (χ3v) is 4.22. The first kappa shape index (κ1) is 18.2. The van der Waals surface area contributed by atoms with Crippen LogP contribution in [0.3, 0.4) is 0 Å². The molecule has 0 aliphatic heterocycles. The maximum atomic E-state index is 10.6. The van der Waals surface area contributed by atoms with E-state index < -0.39 is 5.97 Å². The van der Waals surface area contributed by atoms with Gasteiger partial charge in [-0.3, -0.25) is 4.79 Å². The Morgan fingerprint density at radius 1 is 1.00 bits per heavy atom. The lowest BCUT2D eigenvalue weighted by Crippen LogP contribution is -2.23. The number of carboxylic acid groups (broad SMARTS) is 1. The molecule has 0 saturated heterocycles. The number of benzene rings is 2. The van der Waals surface area contributed by atoms with Crippen molar-refractivity contribution < 1.29 is 9.90 Å². The van der Waals surface area contributed by atoms with Crippen LogP contribution < -0.4 is 5.32 Å². The molecule has 1 unspecified atom stereocenters. The Kier molecular flexibility index (Phi) is 7.50. The third-order valence-electron chi connectivity index (χ3n) is 4.22. The number of hydrogen-bond acceptors (Lipinski definition) is 2. The second-order valence-corrected chi connectivity index (χ2v) is 6.13. The van der Waals surface area contributed by atoms with Crippen LogP contribution in [0.2, 0.25) is 0 Å². The summed E-state index contributed by atoms with van der Waals surface area (Å²) in [4.78, 5) is 10.6. The first-order valence-corrected chi connectivity index (χ1v) is 8.81. The van der Waals surface area contributed by atoms with Gasteiger partial charge in [-0.05, 0) is 36.1 Å². The molecule has 2 N–H and O–H groups in total. The van der Waals surface area contributed by atoms with Gasteiger partial charge in [0.25, 0.3) is 0 Å². The van der Waals surface area contributed by atoms with Gasteiger partial charge in [0.2, 0.25) is 0 Å². The standard InChI is InChI=1S/C21H27NO2/c1-2-3-10-20(22-16-7-11-21(23)24)19-14-12-18(13-15-19)17-8-5-4-6-9-17/h4-6,8-9,12-15,20,22H,2-3,7,10-11,16H2,1H3,(H,23,24). The number of hydrogen-bond donors (Lipinski definition) is 2. The maximum Gasteiger partial charge on any atom is 0.303 e. The summed E-state index contributed by atoms with van der Waals surface area (Å²) in [5.41, 5.74) is 3.72. The maximum absolute atomic E-state index is 10.6. The van der Waals surface area contributed by atoms with Gasteiger partial charge in [0, 0.05) is 12.5 Å². The summed E-state index contributed by atoms with van der Waals surface area (Å²) >= 11 is 0. The lowest BCUT2D eigenvalue weighted by molar-refractivity contribution is -0.137. The molecular formula is C21H27NO2. The number of nitrogens with one attached hydrogen (secondary N) is 1. The summed E-state index contributed by atoms with van der Waals surface area (Å²) in [5.74, 6) is -0.728. The molecule has 0 radical (unpaired) electrons. The van der Waals surface area contributed by atoms with Crippen LogP contribution in [0.4, 0.5) is 0 Å². The molecule has 3 nitrogen and oxygen atoms in total. The molecule has 0 fully saturated rings. The number of carbonyl (C=O) groups is 1. The van der Waals surface area contributed by atoms with Gasteiger partial charge in [0.15, 0.2) is 0 Å². The zero-order valence-corrected chi connectivity index (χ0v) is 14.4. The Morgan fingerprint density at radius 3 is 2.29 bits per heavy atom. The van der Waals surface area contributed by atoms with E-state index in [1.807, 2.05) is 6.07 Å². The summed E-state index contributed by atoms with van der Waals surface area (Å²) in [6.07, 6.45) is 4.29. The van der Waals surface area contributed by atoms with E-state index in [4.69, 9.17) is 5.11 Å². The Hall–Kier alpha value is -2.13. The van der Waals surface area contributed by atoms with Crippen LogP contribution in [0.5, 0.6) is 0 Å². The molecule has 0 heterocycles. The lowest BCUT2D eigenvalue weighted by atomic mass is 9.97. The smallest absolute Gasteiger partial charge is 0.303 e. The molecular weight excluding hydrogens is 298 g/mol. The highest BCUT2D eigenvalue weighted by atomic mass is 16.4. The summed E-state index contributed by atoms with van der Waals surface area (Å²) in [7, 11) is 0. The Labute approximate surface area is 144 Å². The highest BCUT2D eigenvalue weighted by molar-refractivity contribution is 5.66. The molecule has 0 aliphatic rings. The van der Waals surface area contributed by atoms with Crippen LogP contribution in [-0.2, 0) is 4.79 Å². The minimum Gasteiger partial charge on any atom is -0.481 e. The summed E-state index contributed by atoms with van der Waals surface area (Å²) in [6, 6.07) is 19.4. The second-order valence-electron chi connectivity index (χ2n) is 6.13. The summed E-state index contributed by atoms with van der Waals surface area (Å²) in [5, 5.41) is 12.3. The Bertz CT molecular complexity index is 607. The SMILES string of the molecule is CCCCC(NCCCC(=O)O)c1ccc(-c2ccccc2)cc1. The van der Waals surface area contributed by atoms with Crippen molar-refractivity contribution in [2.45, 2.75) is 45.1 Å². The largest absolute Gasteiger partial charge is 0.481 e. The van der Waals surface area contributed by atoms with Crippen LogP contribution in [0, 0.1) is 0 Å². The van der Waals surface area contributed by atoms with Crippen LogP contribution >= 0.6 is 0 Å². The van der Waals surface area contributed by atoms with Gasteiger partial charge in [0.1, 0.15) is 0 Å². The topological polar surface area (TPSA) is 49.3 Å². The zero-order valence-electron chi connectivity index (χ0n) is 14.4. The van der Waals surface area contributed by atoms with Crippen molar-refractivity contribution in [1.29, 1.82) is 0 Å². The van der Waals surface area contributed by atoms with Gasteiger partial charge >= 0.3 is 5.97 Å². The van der Waals surface area contributed by atoms with Gasteiger partial charge in [-0.1, -0.05) is 74.4 Å². The molecule has 1 atom stereocenters. The van der Waals surface area contributed by atoms with Gasteiger partial charge in [0.05, 0.1) is 0 Å². The lowest BCUT2D eigenvalue weighted by Gasteiger charge is -2.19. The van der Waals surface area contributed by atoms with E-state index in [0.717, 1.165) is 25.8 Å². The summed E-state index contributed by atoms with van der Waals surface area (Å²) < 4.78 is 0. The molecule has 0 bridgehead atoms. The predicted molar refractivity (Wildman–Crippen MR) is 99.0 cm³/mol. The van der Waals surface area contributed by atoms with Gasteiger partial charge in [-0.2, -0.15) is 0 Å². The Morgan fingerprint density at radius 2 is 1.67 bits per heavy atom. The molecule has 2 aromatic rings. The van der Waals surface area contributed by atoms with Crippen molar-refractivity contribution in [2.24, 2.45) is 0 Å². The third kappa shape index (κ3) is 5.82. The van der Waals surface area contributed by atoms with Crippen molar-refractivity contribution in [3.8, 4) is 11.1 Å². The fraction of sp³-hybridized carbons (Fsp3) is 0.381. The molecule has 2 aromatic carbocycles. The summed E-state index contributed by atoms with van der Waals surface area (Å²) in [6.45, 7) is 2.93. The molecule has 0 aromatic heterocycles. The molecule has 128 valence electrons. The van der Waals surface area contributed by atoms with E-state index in [9.17, 15) is 4.79 Å². The molecule has 0 aliphatic carbocycles. The van der Waals surface area contributed by atoms with Gasteiger partial charge < -0.3 is 10.4 Å². The van der Waals surface area contributed by atoms with Gasteiger partial charge in [-0.25, -0.2) is 0 Å². The van der Waals surface area contributed by atoms with E-state index in [1.54, 1.807) is 0 Å². The fourth-order valence-corrected chi connectivity index (χ4v) is 2.85. The Balaban J connectivity index is 2.01. The predicted octanol–water partition coefficient (Wildman–Crippen LogP) is 5.04. The minimum absolute atomic E-state index is 0.223. The molecule has 3 heteroatoms. The number of aliphatic carboxylic acids is 1. The van der Waals surface area contributed by atoms with E-state index >= 15 is 0 Å². The number of carboxylic acids is 1. The molecule has 2 rings (SSSR count). The zero-order chi connectivity index (χ0) is 17.2. The van der Waals surface area contributed by atoms with Crippen LogP contribution in [0.25, 0.3) is 11.1 Å². The molecule has 0 amide bonds. The van der Waals surface area contributed by atoms with Gasteiger partial charge in [-0.15, -0.1) is 0 Å². The van der Waals surface area contributed by atoms with Crippen molar-refractivity contribution in [1.82, 2.24) is 5.32 Å². The average Bonchev–Trinajstić information content (AvgIpc) is 2.62. The van der Waals surface area contributed by atoms with Crippen LogP contribution in [0.1, 0.15) is 50.6 Å². The van der Waals surface area contributed by atoms with E-state index in [-0.39, 0.29) is 6.42 Å². The first-order valence-electron chi connectivity index (χ1n) is 8.81. The number of unbranched alkanes of at least 4 members (excludes halogenated alkanes) is 1. The van der Waals surface area contributed by atoms with E-state index in [2.05, 4.69) is 60.8 Å². The van der Waals surface area contributed by atoms with Crippen molar-refractivity contribution in [3.63, 3.8) is 0 Å². The average molecular weight is 325 g/mol. The quantitative estimate of drug-likeness (QED) is 0.602. The minimum atomic E-state index is -0.728. The normalized spacial score (nSPS) is 12.0. The highest BCUT2D eigenvalue weighted by Gasteiger charge is 2.11. The van der Waals surface area contributed by atoms with E-state index in [0.29, 0.717) is 12.5 Å². The number of rotatable bonds is 10. The first-order chi connectivity index (χ1) is 11.7. The van der Waals surface area contributed by atoms with Crippen molar-refractivity contribution >= 4 is 5.97 Å². The monoisotopic (exact) mass is 325 g/mol.